The van der Waals surface area contributed by atoms with Crippen molar-refractivity contribution >= 4 is 69.8 Å². The smallest absolute Gasteiger partial charge is 0.343 e. The van der Waals surface area contributed by atoms with Gasteiger partial charge in [0.25, 0.3) is 11.5 Å². The minimum absolute atomic E-state index is 0.0158. The molecule has 27 nitrogen and oxygen atoms in total. The Morgan fingerprint density at radius 1 is 0.906 bits per heavy atom. The molecule has 14 N–H and O–H groups in total. The lowest BCUT2D eigenvalue weighted by Crippen LogP contribution is -2.60. The van der Waals surface area contributed by atoms with Gasteiger partial charge in [-0.25, -0.2) is 14.2 Å². The van der Waals surface area contributed by atoms with Gasteiger partial charge in [-0.2, -0.15) is 0 Å². The van der Waals surface area contributed by atoms with Gasteiger partial charge in [-0.1, -0.05) is 48.9 Å². The zero-order valence-electron chi connectivity index (χ0n) is 46.6. The maximum absolute atomic E-state index is 16.3. The van der Waals surface area contributed by atoms with Crippen LogP contribution in [-0.4, -0.2) is 177 Å². The molecule has 85 heavy (non-hydrogen) atoms. The summed E-state index contributed by atoms with van der Waals surface area (Å²) in [6.45, 7) is -0.0628. The van der Waals surface area contributed by atoms with Crippen molar-refractivity contribution in [1.82, 2.24) is 46.8 Å². The van der Waals surface area contributed by atoms with Crippen molar-refractivity contribution in [3.63, 3.8) is 0 Å². The molecular weight excluding hydrogens is 1140 g/mol. The Morgan fingerprint density at radius 3 is 2.29 bits per heavy atom. The fourth-order valence-electron chi connectivity index (χ4n) is 10.7. The molecule has 1 saturated heterocycles. The highest BCUT2D eigenvalue weighted by Crippen LogP contribution is 2.47. The molecule has 2 aromatic carbocycles. The highest BCUT2D eigenvalue weighted by Gasteiger charge is 2.47. The van der Waals surface area contributed by atoms with E-state index in [-0.39, 0.29) is 56.5 Å². The molecule has 5 heterocycles. The first-order chi connectivity index (χ1) is 40.4. The molecule has 0 radical (unpaired) electrons. The monoisotopic (exact) mass is 1210 g/mol. The first-order valence-electron chi connectivity index (χ1n) is 27.5. The Morgan fingerprint density at radius 2 is 1.59 bits per heavy atom. The van der Waals surface area contributed by atoms with E-state index in [0.29, 0.717) is 56.8 Å². The van der Waals surface area contributed by atoms with Crippen LogP contribution in [0, 0.1) is 6.92 Å². The number of pyridine rings is 2. The predicted octanol–water partition coefficient (Wildman–Crippen LogP) is -2.89. The number of esters is 1. The number of cyclic esters (lactones) is 1. The van der Waals surface area contributed by atoms with Crippen molar-refractivity contribution in [1.29, 1.82) is 0 Å². The number of nitrogens with one attached hydrogen (secondary N) is 7. The average Bonchev–Trinajstić information content (AvgIpc) is 1.67. The van der Waals surface area contributed by atoms with E-state index in [1.54, 1.807) is 49.4 Å². The number of nitrogens with two attached hydrogens (primary N) is 1. The predicted molar refractivity (Wildman–Crippen MR) is 297 cm³/mol. The molecule has 7 amide bonds. The summed E-state index contributed by atoms with van der Waals surface area (Å²) >= 11 is 6.70. The van der Waals surface area contributed by atoms with E-state index in [2.05, 4.69) is 37.2 Å². The first-order valence-corrected chi connectivity index (χ1v) is 27.9. The number of carbonyl (C=O) groups excluding carboxylic acids is 8. The first kappa shape index (κ1) is 63.5. The summed E-state index contributed by atoms with van der Waals surface area (Å²) in [5.41, 5.74) is 5.58. The van der Waals surface area contributed by atoms with Crippen LogP contribution in [0.3, 0.4) is 0 Å². The van der Waals surface area contributed by atoms with Gasteiger partial charge < -0.3 is 87.3 Å². The average molecular weight is 1210 g/mol. The molecule has 0 spiro atoms. The normalized spacial score (nSPS) is 22.5. The van der Waals surface area contributed by atoms with Gasteiger partial charge in [0, 0.05) is 40.9 Å². The molecule has 1 unspecified atom stereocenters. The number of aliphatic hydroxyl groups excluding tert-OH is 4. The van der Waals surface area contributed by atoms with Crippen molar-refractivity contribution in [3.8, 4) is 11.4 Å². The second-order valence-electron chi connectivity index (χ2n) is 21.5. The molecule has 8 rings (SSSR count). The maximum Gasteiger partial charge on any atom is 0.343 e. The molecule has 1 fully saturated rings. The number of rotatable bonds is 24. The Labute approximate surface area is 489 Å². The van der Waals surface area contributed by atoms with Crippen LogP contribution in [0.25, 0.3) is 22.3 Å². The number of aryl methyl sites for hydroxylation is 1. The number of aromatic nitrogens is 2. The van der Waals surface area contributed by atoms with Gasteiger partial charge in [0.1, 0.15) is 49.9 Å². The van der Waals surface area contributed by atoms with Crippen molar-refractivity contribution in [2.45, 2.75) is 132 Å². The largest absolute Gasteiger partial charge is 0.458 e. The Balaban J connectivity index is 0.792. The number of benzene rings is 2. The second kappa shape index (κ2) is 26.8. The highest BCUT2D eigenvalue weighted by molar-refractivity contribution is 6.32. The standard InChI is InChI=1S/C56H68ClFN10O17/c1-4-56(82)31-15-37-46-29(21-68(37)52(79)30(31)23-84-54(56)81)45-34(12-10-28-26(2)32(57)16-35(66-46)44(28)45)67-53(80)55(3,58)24-83-25-64-42(72)19-63-51(78)36(14-27-8-6-5-7-9-27)65-43(73)20-61-41(71)18-62-50(77)33(59)11-13-40(70)60-17-38-47(74)49(76)48(75)39(22-69)85-38/h5-9,15-16,33-34,36,38-39,47-49,69,74-76,82H,4,10-14,17-25,59H2,1-3H3,(H,60,70)(H,61,71)(H,62,77)(H,63,78)(H,64,72)(H,65,73)(H,67,80)/t33-,34-,36-,38-,39+,47-,48+,49+,55?,56-/m0/s1. The van der Waals surface area contributed by atoms with Crippen LogP contribution in [-0.2, 0) is 84.2 Å². The van der Waals surface area contributed by atoms with Gasteiger partial charge in [0.2, 0.25) is 41.1 Å². The number of hydrogen-bond acceptors (Lipinski definition) is 19. The minimum Gasteiger partial charge on any atom is -0.458 e. The van der Waals surface area contributed by atoms with Gasteiger partial charge in [-0.15, -0.1) is 0 Å². The van der Waals surface area contributed by atoms with E-state index in [4.69, 9.17) is 36.5 Å². The van der Waals surface area contributed by atoms with Gasteiger partial charge in [-0.3, -0.25) is 38.4 Å². The number of aliphatic hydroxyl groups is 5. The van der Waals surface area contributed by atoms with Crippen molar-refractivity contribution < 1.29 is 82.5 Å². The van der Waals surface area contributed by atoms with E-state index in [1.807, 2.05) is 6.92 Å². The SMILES string of the molecule is CC[C@@]1(O)C(=O)OCc2c1cc1n(c2=O)Cc2c-1nc1cc(Cl)c(C)c3c1c2[C@@H](NC(=O)C(C)(F)COCNC(=O)CNC(=O)[C@H](Cc1ccccc1)NC(=O)CNC(=O)CNC(=O)[C@@H](N)CCC(=O)NC[C@@H]1O[C@H](CO)[C@@H](O)[C@H](O)[C@H]1O)CC3. The molecule has 0 bridgehead atoms. The topological polar surface area (TPSA) is 411 Å². The molecule has 29 heteroatoms. The molecule has 10 atom stereocenters. The van der Waals surface area contributed by atoms with E-state index < -0.39 is 152 Å². The van der Waals surface area contributed by atoms with Crippen LogP contribution >= 0.6 is 11.6 Å². The molecule has 4 aliphatic rings. The number of carbonyl (C=O) groups is 8. The van der Waals surface area contributed by atoms with Crippen molar-refractivity contribution in [3.05, 3.63) is 96.8 Å². The maximum atomic E-state index is 16.3. The Hall–Kier alpha value is -7.54. The van der Waals surface area contributed by atoms with Crippen LogP contribution in [0.4, 0.5) is 4.39 Å². The molecule has 0 saturated carbocycles. The summed E-state index contributed by atoms with van der Waals surface area (Å²) in [4.78, 5) is 123. The minimum atomic E-state index is -2.65. The molecular formula is C56H68ClFN10O17. The molecule has 1 aliphatic carbocycles. The molecule has 4 aromatic rings. The van der Waals surface area contributed by atoms with Crippen LogP contribution in [0.15, 0.2) is 47.3 Å². The molecule has 2 aromatic heterocycles. The number of amides is 7. The zero-order chi connectivity index (χ0) is 61.7. The van der Waals surface area contributed by atoms with Gasteiger partial charge >= 0.3 is 5.97 Å². The van der Waals surface area contributed by atoms with Crippen molar-refractivity contribution in [2.75, 3.05) is 46.1 Å². The summed E-state index contributed by atoms with van der Waals surface area (Å²) in [6, 6.07) is 8.49. The lowest BCUT2D eigenvalue weighted by molar-refractivity contribution is -0.227. The van der Waals surface area contributed by atoms with Gasteiger partial charge in [0.15, 0.2) is 5.60 Å². The Bertz CT molecular complexity index is 3330. The van der Waals surface area contributed by atoms with Crippen LogP contribution in [0.5, 0.6) is 0 Å². The fourth-order valence-corrected chi connectivity index (χ4v) is 10.9. The van der Waals surface area contributed by atoms with E-state index >= 15 is 4.39 Å². The molecule has 3 aliphatic heterocycles. The van der Waals surface area contributed by atoms with E-state index in [9.17, 15) is 68.7 Å². The molecule has 458 valence electrons. The van der Waals surface area contributed by atoms with Crippen LogP contribution in [0.2, 0.25) is 5.02 Å². The quantitative estimate of drug-likeness (QED) is 0.0167. The van der Waals surface area contributed by atoms with E-state index in [0.717, 1.165) is 18.1 Å². The summed E-state index contributed by atoms with van der Waals surface area (Å²) in [6.07, 6.45) is -6.86. The third-order valence-corrected chi connectivity index (χ3v) is 16.0. The number of fused-ring (bicyclic) bond motifs is 5. The van der Waals surface area contributed by atoms with Crippen LogP contribution in [0.1, 0.15) is 84.5 Å². The zero-order valence-corrected chi connectivity index (χ0v) is 47.4. The van der Waals surface area contributed by atoms with E-state index in [1.165, 1.54) is 4.57 Å². The number of alkyl halides is 1. The third-order valence-electron chi connectivity index (χ3n) is 15.6. The number of hydrogen-bond donors (Lipinski definition) is 13. The summed E-state index contributed by atoms with van der Waals surface area (Å²) < 4.78 is 33.8. The number of halogens is 2. The number of nitrogens with zero attached hydrogens (tertiary/aromatic N) is 2. The number of ether oxygens (including phenoxy) is 3. The fraction of sp³-hybridized carbons (Fsp3) is 0.500. The van der Waals surface area contributed by atoms with Crippen molar-refractivity contribution in [2.24, 2.45) is 5.73 Å². The Kier molecular flexibility index (Phi) is 20.0. The summed E-state index contributed by atoms with van der Waals surface area (Å²) in [7, 11) is 0. The van der Waals surface area contributed by atoms with Gasteiger partial charge in [0.05, 0.1) is 73.9 Å². The second-order valence-corrected chi connectivity index (χ2v) is 21.9. The lowest BCUT2D eigenvalue weighted by Gasteiger charge is -2.40. The lowest BCUT2D eigenvalue weighted by atomic mass is 9.81. The van der Waals surface area contributed by atoms with Crippen LogP contribution < -0.4 is 48.5 Å². The highest BCUT2D eigenvalue weighted by atomic mass is 35.5. The summed E-state index contributed by atoms with van der Waals surface area (Å²) in [5.74, 6) is -6.51. The van der Waals surface area contributed by atoms with Gasteiger partial charge in [-0.05, 0) is 73.9 Å². The summed E-state index contributed by atoms with van der Waals surface area (Å²) in [5, 5.41) is 69.1. The third kappa shape index (κ3) is 13.9.